The van der Waals surface area contributed by atoms with Gasteiger partial charge in [-0.3, -0.25) is 0 Å². The molecule has 2 N–H and O–H groups in total. The lowest BCUT2D eigenvalue weighted by molar-refractivity contribution is -0.0512. The van der Waals surface area contributed by atoms with Crippen LogP contribution in [0.3, 0.4) is 0 Å². The number of methoxy groups -OCH3 is 1. The van der Waals surface area contributed by atoms with Crippen molar-refractivity contribution in [1.29, 1.82) is 0 Å². The van der Waals surface area contributed by atoms with E-state index >= 15 is 0 Å². The molecule has 25 heavy (non-hydrogen) atoms. The van der Waals surface area contributed by atoms with E-state index in [2.05, 4.69) is 15.4 Å². The quantitative estimate of drug-likeness (QED) is 0.742. The Labute approximate surface area is 151 Å². The molecular weight excluding hydrogens is 346 g/mol. The SMILES string of the molecule is COc1cc(CNC(=S)Nc2ccc(C)c(C)c2)ccc1OC(F)F. The van der Waals surface area contributed by atoms with Gasteiger partial charge in [-0.2, -0.15) is 8.78 Å². The summed E-state index contributed by atoms with van der Waals surface area (Å²) in [5, 5.41) is 6.65. The van der Waals surface area contributed by atoms with E-state index in [1.54, 1.807) is 12.1 Å². The summed E-state index contributed by atoms with van der Waals surface area (Å²) in [4.78, 5) is 0. The van der Waals surface area contributed by atoms with Gasteiger partial charge in [0, 0.05) is 12.2 Å². The van der Waals surface area contributed by atoms with Gasteiger partial charge in [0.15, 0.2) is 16.6 Å². The number of ether oxygens (including phenoxy) is 2. The summed E-state index contributed by atoms with van der Waals surface area (Å²) in [6.45, 7) is 1.60. The molecule has 2 aromatic rings. The summed E-state index contributed by atoms with van der Waals surface area (Å²) in [5.41, 5.74) is 4.11. The van der Waals surface area contributed by atoms with Crippen LogP contribution in [0.25, 0.3) is 0 Å². The van der Waals surface area contributed by atoms with E-state index < -0.39 is 6.61 Å². The first kappa shape index (κ1) is 18.9. The summed E-state index contributed by atoms with van der Waals surface area (Å²) >= 11 is 5.28. The summed E-state index contributed by atoms with van der Waals surface area (Å²) in [6, 6.07) is 10.7. The molecular formula is C18H20F2N2O2S. The van der Waals surface area contributed by atoms with Crippen LogP contribution in [0.5, 0.6) is 11.5 Å². The second kappa shape index (κ2) is 8.62. The highest BCUT2D eigenvalue weighted by molar-refractivity contribution is 7.80. The van der Waals surface area contributed by atoms with Crippen LogP contribution in [0.4, 0.5) is 14.5 Å². The van der Waals surface area contributed by atoms with E-state index in [1.807, 2.05) is 32.0 Å². The fraction of sp³-hybridized carbons (Fsp3) is 0.278. The predicted molar refractivity (Wildman–Crippen MR) is 98.6 cm³/mol. The van der Waals surface area contributed by atoms with Crippen LogP contribution in [0.1, 0.15) is 16.7 Å². The van der Waals surface area contributed by atoms with E-state index in [0.717, 1.165) is 11.3 Å². The van der Waals surface area contributed by atoms with Crippen molar-refractivity contribution >= 4 is 23.0 Å². The molecule has 0 saturated heterocycles. The molecule has 0 radical (unpaired) electrons. The minimum atomic E-state index is -2.90. The third-order valence-electron chi connectivity index (χ3n) is 3.66. The van der Waals surface area contributed by atoms with E-state index in [4.69, 9.17) is 17.0 Å². The van der Waals surface area contributed by atoms with Gasteiger partial charge in [-0.15, -0.1) is 0 Å². The lowest BCUT2D eigenvalue weighted by atomic mass is 10.1. The standard InChI is InChI=1S/C18H20F2N2O2S/c1-11-4-6-14(8-12(11)2)22-18(25)21-10-13-5-7-15(24-17(19)20)16(9-13)23-3/h4-9,17H,10H2,1-3H3,(H2,21,22,25). The van der Waals surface area contributed by atoms with Crippen molar-refractivity contribution in [3.8, 4) is 11.5 Å². The maximum atomic E-state index is 12.3. The van der Waals surface area contributed by atoms with Crippen molar-refractivity contribution in [2.75, 3.05) is 12.4 Å². The molecule has 134 valence electrons. The summed E-state index contributed by atoms with van der Waals surface area (Å²) < 4.78 is 34.2. The Bertz CT molecular complexity index is 754. The first-order valence-corrected chi connectivity index (χ1v) is 8.03. The van der Waals surface area contributed by atoms with Gasteiger partial charge in [-0.05, 0) is 67.0 Å². The number of nitrogens with one attached hydrogen (secondary N) is 2. The number of benzene rings is 2. The number of hydrogen-bond acceptors (Lipinski definition) is 3. The number of aryl methyl sites for hydroxylation is 2. The average molecular weight is 366 g/mol. The Balaban J connectivity index is 1.95. The van der Waals surface area contributed by atoms with Crippen LogP contribution >= 0.6 is 12.2 Å². The number of alkyl halides is 2. The topological polar surface area (TPSA) is 42.5 Å². The Kier molecular flexibility index (Phi) is 6.52. The highest BCUT2D eigenvalue weighted by Gasteiger charge is 2.11. The average Bonchev–Trinajstić information content (AvgIpc) is 2.57. The van der Waals surface area contributed by atoms with E-state index in [9.17, 15) is 8.78 Å². The number of anilines is 1. The molecule has 0 unspecified atom stereocenters. The third-order valence-corrected chi connectivity index (χ3v) is 3.91. The molecule has 0 saturated carbocycles. The molecule has 0 atom stereocenters. The summed E-state index contributed by atoms with van der Waals surface area (Å²) in [7, 11) is 1.40. The number of thiocarbonyl (C=S) groups is 1. The first-order chi connectivity index (χ1) is 11.9. The van der Waals surface area contributed by atoms with Crippen molar-refractivity contribution in [3.63, 3.8) is 0 Å². The Morgan fingerprint density at radius 1 is 1.08 bits per heavy atom. The second-order valence-corrected chi connectivity index (χ2v) is 5.88. The number of hydrogen-bond donors (Lipinski definition) is 2. The lowest BCUT2D eigenvalue weighted by Crippen LogP contribution is -2.27. The minimum Gasteiger partial charge on any atom is -0.493 e. The van der Waals surface area contributed by atoms with Gasteiger partial charge >= 0.3 is 6.61 Å². The van der Waals surface area contributed by atoms with Gasteiger partial charge in [-0.25, -0.2) is 0 Å². The van der Waals surface area contributed by atoms with Gasteiger partial charge in [0.1, 0.15) is 0 Å². The minimum absolute atomic E-state index is 0.00270. The van der Waals surface area contributed by atoms with Gasteiger partial charge in [0.2, 0.25) is 0 Å². The van der Waals surface area contributed by atoms with Crippen LogP contribution in [-0.2, 0) is 6.54 Å². The van der Waals surface area contributed by atoms with E-state index in [1.165, 1.54) is 24.3 Å². The van der Waals surface area contributed by atoms with E-state index in [-0.39, 0.29) is 11.5 Å². The maximum absolute atomic E-state index is 12.3. The van der Waals surface area contributed by atoms with Crippen LogP contribution in [0.15, 0.2) is 36.4 Å². The van der Waals surface area contributed by atoms with Crippen molar-refractivity contribution in [2.45, 2.75) is 27.0 Å². The monoisotopic (exact) mass is 366 g/mol. The Morgan fingerprint density at radius 2 is 1.84 bits per heavy atom. The molecule has 4 nitrogen and oxygen atoms in total. The molecule has 0 aliphatic heterocycles. The van der Waals surface area contributed by atoms with Crippen LogP contribution in [-0.4, -0.2) is 18.8 Å². The summed E-state index contributed by atoms with van der Waals surface area (Å²) in [5.74, 6) is 0.240. The maximum Gasteiger partial charge on any atom is 0.387 e. The van der Waals surface area contributed by atoms with Crippen molar-refractivity contribution in [2.24, 2.45) is 0 Å². The smallest absolute Gasteiger partial charge is 0.387 e. The largest absolute Gasteiger partial charge is 0.493 e. The molecule has 7 heteroatoms. The number of rotatable bonds is 6. The zero-order chi connectivity index (χ0) is 18.4. The zero-order valence-electron chi connectivity index (χ0n) is 14.2. The molecule has 2 aromatic carbocycles. The van der Waals surface area contributed by atoms with Crippen molar-refractivity contribution in [3.05, 3.63) is 53.1 Å². The van der Waals surface area contributed by atoms with Crippen molar-refractivity contribution in [1.82, 2.24) is 5.32 Å². The molecule has 0 spiro atoms. The van der Waals surface area contributed by atoms with Gasteiger partial charge in [0.25, 0.3) is 0 Å². The molecule has 0 fully saturated rings. The van der Waals surface area contributed by atoms with Crippen LogP contribution in [0, 0.1) is 13.8 Å². The second-order valence-electron chi connectivity index (χ2n) is 5.47. The van der Waals surface area contributed by atoms with Crippen LogP contribution < -0.4 is 20.1 Å². The predicted octanol–water partition coefficient (Wildman–Crippen LogP) is 4.40. The summed E-state index contributed by atoms with van der Waals surface area (Å²) in [6.07, 6.45) is 0. The Hall–Kier alpha value is -2.41. The normalized spacial score (nSPS) is 10.5. The fourth-order valence-electron chi connectivity index (χ4n) is 2.19. The van der Waals surface area contributed by atoms with Gasteiger partial charge in [-0.1, -0.05) is 12.1 Å². The van der Waals surface area contributed by atoms with Crippen LogP contribution in [0.2, 0.25) is 0 Å². The third kappa shape index (κ3) is 5.56. The highest BCUT2D eigenvalue weighted by atomic mass is 32.1. The lowest BCUT2D eigenvalue weighted by Gasteiger charge is -2.14. The van der Waals surface area contributed by atoms with Gasteiger partial charge in [0.05, 0.1) is 7.11 Å². The molecule has 0 heterocycles. The molecule has 2 rings (SSSR count). The van der Waals surface area contributed by atoms with Crippen molar-refractivity contribution < 1.29 is 18.3 Å². The molecule has 0 aliphatic carbocycles. The molecule has 0 bridgehead atoms. The highest BCUT2D eigenvalue weighted by Crippen LogP contribution is 2.29. The zero-order valence-corrected chi connectivity index (χ0v) is 15.0. The Morgan fingerprint density at radius 3 is 2.48 bits per heavy atom. The molecule has 0 aliphatic rings. The number of halogens is 2. The first-order valence-electron chi connectivity index (χ1n) is 7.63. The van der Waals surface area contributed by atoms with Gasteiger partial charge < -0.3 is 20.1 Å². The fourth-order valence-corrected chi connectivity index (χ4v) is 2.38. The van der Waals surface area contributed by atoms with E-state index in [0.29, 0.717) is 11.7 Å². The molecule has 0 amide bonds. The molecule has 0 aromatic heterocycles.